The van der Waals surface area contributed by atoms with Crippen LogP contribution in [0.5, 0.6) is 0 Å². The molecule has 2 aromatic heterocycles. The van der Waals surface area contributed by atoms with Crippen LogP contribution in [0.25, 0.3) is 19.5 Å². The quantitative estimate of drug-likeness (QED) is 0.437. The molecule has 8 heteroatoms. The van der Waals surface area contributed by atoms with Crippen LogP contribution in [0.4, 0.5) is 5.69 Å². The minimum absolute atomic E-state index is 0.0557. The van der Waals surface area contributed by atoms with Gasteiger partial charge in [0.05, 0.1) is 20.8 Å². The first-order valence-corrected chi connectivity index (χ1v) is 10.5. The zero-order valence-electron chi connectivity index (χ0n) is 15.2. The molecule has 3 amide bonds. The van der Waals surface area contributed by atoms with E-state index in [1.807, 2.05) is 18.2 Å². The van der Waals surface area contributed by atoms with E-state index in [1.54, 1.807) is 35.6 Å². The fraction of sp³-hybridized carbons (Fsp3) is 0.0952. The molecule has 0 unspecified atom stereocenters. The second kappa shape index (κ2) is 8.02. The van der Waals surface area contributed by atoms with Crippen LogP contribution < -0.4 is 16.4 Å². The molecule has 0 fully saturated rings. The lowest BCUT2D eigenvalue weighted by atomic mass is 10.1. The van der Waals surface area contributed by atoms with Crippen molar-refractivity contribution in [1.82, 2.24) is 5.32 Å². The van der Waals surface area contributed by atoms with Gasteiger partial charge in [0.15, 0.2) is 0 Å². The highest BCUT2D eigenvalue weighted by molar-refractivity contribution is 7.33. The first-order chi connectivity index (χ1) is 14.0. The van der Waals surface area contributed by atoms with Crippen molar-refractivity contribution in [2.75, 3.05) is 11.9 Å². The van der Waals surface area contributed by atoms with E-state index in [-0.39, 0.29) is 24.8 Å². The van der Waals surface area contributed by atoms with E-state index in [4.69, 9.17) is 5.73 Å². The lowest BCUT2D eigenvalue weighted by Crippen LogP contribution is -2.28. The minimum Gasteiger partial charge on any atom is -0.370 e. The Bertz CT molecular complexity index is 1240. The third-order valence-corrected chi connectivity index (χ3v) is 6.76. The van der Waals surface area contributed by atoms with Gasteiger partial charge in [-0.15, -0.1) is 22.7 Å². The molecular formula is C21H17N3O3S2. The monoisotopic (exact) mass is 423 g/mol. The average Bonchev–Trinajstić information content (AvgIpc) is 3.26. The molecule has 4 N–H and O–H groups in total. The second-order valence-corrected chi connectivity index (χ2v) is 8.51. The Kier molecular flexibility index (Phi) is 5.28. The molecule has 29 heavy (non-hydrogen) atoms. The molecule has 0 aliphatic rings. The molecule has 0 saturated heterocycles. The van der Waals surface area contributed by atoms with Gasteiger partial charge in [0.25, 0.3) is 11.8 Å². The molecule has 0 radical (unpaired) electrons. The Morgan fingerprint density at radius 1 is 0.897 bits per heavy atom. The Labute approximate surface area is 174 Å². The van der Waals surface area contributed by atoms with Crippen molar-refractivity contribution in [3.63, 3.8) is 0 Å². The van der Waals surface area contributed by atoms with Crippen LogP contribution >= 0.6 is 22.7 Å². The fourth-order valence-corrected chi connectivity index (χ4v) is 5.40. The molecule has 146 valence electrons. The maximum Gasteiger partial charge on any atom is 0.265 e. The first-order valence-electron chi connectivity index (χ1n) is 8.91. The van der Waals surface area contributed by atoms with Crippen LogP contribution in [0.2, 0.25) is 0 Å². The number of fused-ring (bicyclic) bond motifs is 3. The van der Waals surface area contributed by atoms with Crippen LogP contribution in [0.3, 0.4) is 0 Å². The van der Waals surface area contributed by atoms with Gasteiger partial charge < -0.3 is 16.4 Å². The molecule has 0 atom stereocenters. The highest BCUT2D eigenvalue weighted by atomic mass is 32.1. The summed E-state index contributed by atoms with van der Waals surface area (Å²) in [6, 6.07) is 16.7. The minimum atomic E-state index is -0.489. The zero-order chi connectivity index (χ0) is 20.4. The lowest BCUT2D eigenvalue weighted by molar-refractivity contribution is -0.117. The largest absolute Gasteiger partial charge is 0.370 e. The average molecular weight is 424 g/mol. The van der Waals surface area contributed by atoms with Gasteiger partial charge in [-0.3, -0.25) is 14.4 Å². The number of nitrogens with one attached hydrogen (secondary N) is 2. The Morgan fingerprint density at radius 3 is 2.48 bits per heavy atom. The Balaban J connectivity index is 1.55. The number of amides is 3. The highest BCUT2D eigenvalue weighted by Gasteiger charge is 2.17. The number of para-hydroxylation sites is 1. The summed E-state index contributed by atoms with van der Waals surface area (Å²) < 4.78 is 3.35. The number of hydrogen-bond acceptors (Lipinski definition) is 5. The summed E-state index contributed by atoms with van der Waals surface area (Å²) in [6.45, 7) is 0.144. The molecule has 0 spiro atoms. The van der Waals surface area contributed by atoms with Gasteiger partial charge >= 0.3 is 0 Å². The first kappa shape index (κ1) is 19.1. The van der Waals surface area contributed by atoms with Crippen LogP contribution in [0.15, 0.2) is 54.6 Å². The maximum absolute atomic E-state index is 12.8. The van der Waals surface area contributed by atoms with Crippen LogP contribution in [-0.4, -0.2) is 24.3 Å². The number of primary amides is 1. The molecule has 4 rings (SSSR count). The summed E-state index contributed by atoms with van der Waals surface area (Å²) in [6.07, 6.45) is 0.0557. The maximum atomic E-state index is 12.8. The molecule has 2 heterocycles. The fourth-order valence-electron chi connectivity index (χ4n) is 2.98. The Morgan fingerprint density at radius 2 is 1.66 bits per heavy atom. The van der Waals surface area contributed by atoms with Crippen molar-refractivity contribution in [2.45, 2.75) is 6.42 Å². The summed E-state index contributed by atoms with van der Waals surface area (Å²) in [5.41, 5.74) is 5.83. The number of thiophene rings is 2. The number of benzene rings is 2. The number of nitrogens with two attached hydrogens (primary N) is 1. The van der Waals surface area contributed by atoms with Gasteiger partial charge in [0.1, 0.15) is 0 Å². The molecule has 4 aromatic rings. The second-order valence-electron chi connectivity index (χ2n) is 6.37. The SMILES string of the molecule is NC(=O)CCNC(=O)c1ccccc1NC(=O)c1cc2sc3ccccc3c2s1. The van der Waals surface area contributed by atoms with Gasteiger partial charge in [-0.2, -0.15) is 0 Å². The van der Waals surface area contributed by atoms with Crippen LogP contribution in [0, 0.1) is 0 Å². The topological polar surface area (TPSA) is 101 Å². The van der Waals surface area contributed by atoms with E-state index in [0.29, 0.717) is 16.1 Å². The van der Waals surface area contributed by atoms with Crippen molar-refractivity contribution in [2.24, 2.45) is 5.73 Å². The predicted molar refractivity (Wildman–Crippen MR) is 118 cm³/mol. The van der Waals surface area contributed by atoms with E-state index in [9.17, 15) is 14.4 Å². The van der Waals surface area contributed by atoms with Crippen LogP contribution in [-0.2, 0) is 4.79 Å². The summed E-state index contributed by atoms with van der Waals surface area (Å²) in [5.74, 6) is -1.13. The van der Waals surface area contributed by atoms with Crippen molar-refractivity contribution in [3.8, 4) is 0 Å². The number of carbonyl (C=O) groups excluding carboxylic acids is 3. The standard InChI is InChI=1S/C21H17N3O3S2/c22-18(25)9-10-23-20(26)12-5-1-3-7-14(12)24-21(27)17-11-16-19(29-17)13-6-2-4-8-15(13)28-16/h1-8,11H,9-10H2,(H2,22,25)(H,23,26)(H,24,27). The lowest BCUT2D eigenvalue weighted by Gasteiger charge is -2.10. The number of carbonyl (C=O) groups is 3. The zero-order valence-corrected chi connectivity index (χ0v) is 16.9. The molecule has 0 bridgehead atoms. The molecule has 0 aliphatic heterocycles. The summed E-state index contributed by atoms with van der Waals surface area (Å²) in [5, 5.41) is 6.61. The summed E-state index contributed by atoms with van der Waals surface area (Å²) in [4.78, 5) is 36.6. The number of anilines is 1. The van der Waals surface area contributed by atoms with Gasteiger partial charge in [-0.25, -0.2) is 0 Å². The summed E-state index contributed by atoms with van der Waals surface area (Å²) >= 11 is 3.09. The molecular weight excluding hydrogens is 406 g/mol. The summed E-state index contributed by atoms with van der Waals surface area (Å²) in [7, 11) is 0. The van der Waals surface area contributed by atoms with E-state index in [0.717, 1.165) is 14.8 Å². The van der Waals surface area contributed by atoms with E-state index < -0.39 is 5.91 Å². The smallest absolute Gasteiger partial charge is 0.265 e. The van der Waals surface area contributed by atoms with Gasteiger partial charge in [-0.1, -0.05) is 30.3 Å². The van der Waals surface area contributed by atoms with Crippen molar-refractivity contribution in [3.05, 3.63) is 65.0 Å². The third kappa shape index (κ3) is 3.98. The van der Waals surface area contributed by atoms with Crippen LogP contribution in [0.1, 0.15) is 26.5 Å². The highest BCUT2D eigenvalue weighted by Crippen LogP contribution is 2.39. The Hall–Kier alpha value is -3.23. The number of hydrogen-bond donors (Lipinski definition) is 3. The van der Waals surface area contributed by atoms with Crippen molar-refractivity contribution < 1.29 is 14.4 Å². The van der Waals surface area contributed by atoms with E-state index >= 15 is 0 Å². The number of rotatable bonds is 6. The van der Waals surface area contributed by atoms with Crippen molar-refractivity contribution >= 4 is 65.6 Å². The molecule has 0 aliphatic carbocycles. The van der Waals surface area contributed by atoms with Gasteiger partial charge in [0.2, 0.25) is 5.91 Å². The van der Waals surface area contributed by atoms with E-state index in [2.05, 4.69) is 22.8 Å². The van der Waals surface area contributed by atoms with E-state index in [1.165, 1.54) is 16.0 Å². The van der Waals surface area contributed by atoms with Crippen molar-refractivity contribution in [1.29, 1.82) is 0 Å². The third-order valence-electron chi connectivity index (χ3n) is 4.35. The molecule has 2 aromatic carbocycles. The molecule has 6 nitrogen and oxygen atoms in total. The molecule has 0 saturated carbocycles. The normalized spacial score (nSPS) is 10.9. The van der Waals surface area contributed by atoms with Gasteiger partial charge in [0, 0.05) is 27.8 Å². The van der Waals surface area contributed by atoms with Gasteiger partial charge in [-0.05, 0) is 24.3 Å². The predicted octanol–water partition coefficient (Wildman–Crippen LogP) is 3.97.